The molecule has 76 heavy (non-hydrogen) atoms. The zero-order valence-corrected chi connectivity index (χ0v) is 49.5. The van der Waals surface area contributed by atoms with Gasteiger partial charge in [0.05, 0.1) is 0 Å². The van der Waals surface area contributed by atoms with Gasteiger partial charge in [-0.3, -0.25) is 14.4 Å². The van der Waals surface area contributed by atoms with Crippen LogP contribution < -0.4 is 0 Å². The number of hydrogen-bond acceptors (Lipinski definition) is 6. The van der Waals surface area contributed by atoms with Crippen LogP contribution in [0.4, 0.5) is 0 Å². The van der Waals surface area contributed by atoms with Crippen LogP contribution in [0.15, 0.2) is 122 Å². The molecule has 0 aromatic rings. The van der Waals surface area contributed by atoms with Crippen molar-refractivity contribution < 1.29 is 28.6 Å². The number of carbonyl (C=O) groups excluding carboxylic acids is 3. The second-order valence-electron chi connectivity index (χ2n) is 20.6. The lowest BCUT2D eigenvalue weighted by molar-refractivity contribution is -0.167. The van der Waals surface area contributed by atoms with Gasteiger partial charge in [-0.15, -0.1) is 0 Å². The van der Waals surface area contributed by atoms with Gasteiger partial charge >= 0.3 is 17.9 Å². The van der Waals surface area contributed by atoms with Crippen molar-refractivity contribution in [3.8, 4) is 0 Å². The molecule has 0 spiro atoms. The van der Waals surface area contributed by atoms with Gasteiger partial charge in [0.2, 0.25) is 0 Å². The lowest BCUT2D eigenvalue weighted by Gasteiger charge is -2.18. The smallest absolute Gasteiger partial charge is 0.306 e. The van der Waals surface area contributed by atoms with E-state index in [0.717, 1.165) is 128 Å². The van der Waals surface area contributed by atoms with E-state index < -0.39 is 6.10 Å². The van der Waals surface area contributed by atoms with E-state index in [1.54, 1.807) is 0 Å². The van der Waals surface area contributed by atoms with Crippen molar-refractivity contribution in [1.82, 2.24) is 0 Å². The minimum atomic E-state index is -0.790. The number of esters is 3. The van der Waals surface area contributed by atoms with Gasteiger partial charge in [0.15, 0.2) is 6.10 Å². The molecule has 1 unspecified atom stereocenters. The van der Waals surface area contributed by atoms with Crippen molar-refractivity contribution in [1.29, 1.82) is 0 Å². The minimum absolute atomic E-state index is 0.0886. The predicted molar refractivity (Wildman–Crippen MR) is 330 cm³/mol. The molecule has 0 amide bonds. The Labute approximate surface area is 469 Å². The van der Waals surface area contributed by atoms with Crippen LogP contribution in [0.2, 0.25) is 0 Å². The van der Waals surface area contributed by atoms with Crippen LogP contribution in [0.25, 0.3) is 0 Å². The van der Waals surface area contributed by atoms with Gasteiger partial charge in [-0.1, -0.05) is 271 Å². The van der Waals surface area contributed by atoms with Gasteiger partial charge < -0.3 is 14.2 Å². The zero-order valence-electron chi connectivity index (χ0n) is 49.5. The summed E-state index contributed by atoms with van der Waals surface area (Å²) in [6.07, 6.45) is 88.0. The summed E-state index contributed by atoms with van der Waals surface area (Å²) in [4.78, 5) is 38.0. The van der Waals surface area contributed by atoms with Crippen molar-refractivity contribution in [3.63, 3.8) is 0 Å². The topological polar surface area (TPSA) is 78.9 Å². The summed E-state index contributed by atoms with van der Waals surface area (Å²) in [6.45, 7) is 6.44. The zero-order chi connectivity index (χ0) is 55.0. The van der Waals surface area contributed by atoms with Crippen molar-refractivity contribution in [3.05, 3.63) is 122 Å². The fraction of sp³-hybridized carbons (Fsp3) is 0.671. The lowest BCUT2D eigenvalue weighted by Crippen LogP contribution is -2.30. The Balaban J connectivity index is 4.19. The van der Waals surface area contributed by atoms with E-state index in [9.17, 15) is 14.4 Å². The van der Waals surface area contributed by atoms with E-state index in [-0.39, 0.29) is 31.1 Å². The van der Waals surface area contributed by atoms with Gasteiger partial charge in [-0.2, -0.15) is 0 Å². The van der Waals surface area contributed by atoms with Gasteiger partial charge in [0, 0.05) is 19.3 Å². The molecule has 0 rings (SSSR count). The average Bonchev–Trinajstić information content (AvgIpc) is 3.42. The van der Waals surface area contributed by atoms with Crippen LogP contribution in [0.3, 0.4) is 0 Å². The highest BCUT2D eigenvalue weighted by atomic mass is 16.6. The second kappa shape index (κ2) is 63.3. The number of ether oxygens (including phenoxy) is 3. The van der Waals surface area contributed by atoms with Crippen molar-refractivity contribution >= 4 is 17.9 Å². The van der Waals surface area contributed by atoms with Crippen LogP contribution in [-0.4, -0.2) is 37.2 Å². The summed E-state index contributed by atoms with van der Waals surface area (Å²) in [6, 6.07) is 0. The Bertz CT molecular complexity index is 1590. The maximum Gasteiger partial charge on any atom is 0.306 e. The molecule has 6 nitrogen and oxygen atoms in total. The molecule has 1 atom stereocenters. The molecular formula is C70H116O6. The molecule has 0 bridgehead atoms. The molecule has 0 aliphatic rings. The molecule has 0 aliphatic heterocycles. The lowest BCUT2D eigenvalue weighted by atomic mass is 10.0. The molecular weight excluding hydrogens is 937 g/mol. The Morgan fingerprint density at radius 1 is 0.276 bits per heavy atom. The van der Waals surface area contributed by atoms with Crippen LogP contribution in [0.1, 0.15) is 284 Å². The average molecular weight is 1050 g/mol. The molecule has 432 valence electrons. The number of allylic oxidation sites excluding steroid dienone is 20. The fourth-order valence-corrected chi connectivity index (χ4v) is 8.49. The Hall–Kier alpha value is -4.19. The molecule has 0 N–H and O–H groups in total. The predicted octanol–water partition coefficient (Wildman–Crippen LogP) is 21.6. The molecule has 0 heterocycles. The van der Waals surface area contributed by atoms with Crippen molar-refractivity contribution in [2.75, 3.05) is 13.2 Å². The number of rotatable bonds is 56. The first-order valence-electron chi connectivity index (χ1n) is 31.5. The fourth-order valence-electron chi connectivity index (χ4n) is 8.49. The summed E-state index contributed by atoms with van der Waals surface area (Å²) >= 11 is 0. The summed E-state index contributed by atoms with van der Waals surface area (Å²) in [5.74, 6) is -0.924. The van der Waals surface area contributed by atoms with E-state index in [2.05, 4.69) is 142 Å². The number of hydrogen-bond donors (Lipinski definition) is 0. The third kappa shape index (κ3) is 60.7. The van der Waals surface area contributed by atoms with Crippen LogP contribution in [0, 0.1) is 0 Å². The molecule has 0 saturated heterocycles. The van der Waals surface area contributed by atoms with Crippen molar-refractivity contribution in [2.24, 2.45) is 0 Å². The van der Waals surface area contributed by atoms with E-state index in [1.807, 2.05) is 0 Å². The van der Waals surface area contributed by atoms with Crippen LogP contribution in [-0.2, 0) is 28.6 Å². The maximum atomic E-state index is 12.8. The van der Waals surface area contributed by atoms with Gasteiger partial charge in [0.1, 0.15) is 13.2 Å². The molecule has 0 aliphatic carbocycles. The van der Waals surface area contributed by atoms with E-state index >= 15 is 0 Å². The quantitative estimate of drug-likeness (QED) is 0.0261. The third-order valence-corrected chi connectivity index (χ3v) is 13.2. The standard InChI is InChI=1S/C70H116O6/c1-4-7-10-13-16-18-20-22-24-26-28-30-32-33-34-35-36-37-39-40-42-44-46-48-50-52-54-57-60-63-69(72)75-66-67(65-74-68(71)62-59-56-15-12-9-6-3)76-70(73)64-61-58-55-53-51-49-47-45-43-41-38-31-29-27-25-23-21-19-17-14-11-8-5-2/h7,10,16,18,21-24,27-30,33-34,36-37,40,42,46,48,67H,4-6,8-9,11-15,17,19-20,25-26,31-32,35,38-39,41,43-45,47,49-66H2,1-3H3/b10-7-,18-16-,23-21-,24-22-,29-27-,30-28-,34-33-,37-36-,42-40-,48-46-. The summed E-state index contributed by atoms with van der Waals surface area (Å²) in [5, 5.41) is 0. The highest BCUT2D eigenvalue weighted by Crippen LogP contribution is 2.15. The Morgan fingerprint density at radius 3 is 0.803 bits per heavy atom. The summed E-state index contributed by atoms with van der Waals surface area (Å²) in [5.41, 5.74) is 0. The molecule has 0 fully saturated rings. The Kier molecular flexibility index (Phi) is 59.9. The van der Waals surface area contributed by atoms with Gasteiger partial charge in [0.25, 0.3) is 0 Å². The van der Waals surface area contributed by atoms with Gasteiger partial charge in [-0.05, 0) is 116 Å². The van der Waals surface area contributed by atoms with E-state index in [4.69, 9.17) is 14.2 Å². The first-order valence-corrected chi connectivity index (χ1v) is 31.5. The number of unbranched alkanes of at least 4 members (excludes halogenated alkanes) is 25. The molecule has 6 heteroatoms. The van der Waals surface area contributed by atoms with Crippen molar-refractivity contribution in [2.45, 2.75) is 290 Å². The largest absolute Gasteiger partial charge is 0.462 e. The molecule has 0 radical (unpaired) electrons. The van der Waals surface area contributed by atoms with E-state index in [1.165, 1.54) is 116 Å². The Morgan fingerprint density at radius 2 is 0.513 bits per heavy atom. The summed E-state index contributed by atoms with van der Waals surface area (Å²) in [7, 11) is 0. The van der Waals surface area contributed by atoms with Crippen LogP contribution >= 0.6 is 0 Å². The number of carbonyl (C=O) groups is 3. The summed E-state index contributed by atoms with van der Waals surface area (Å²) < 4.78 is 16.8. The second-order valence-corrected chi connectivity index (χ2v) is 20.6. The first kappa shape index (κ1) is 71.8. The SMILES string of the molecule is CC/C=C\C/C=C\C/C=C\C/C=C\C/C=C\C/C=C\C/C=C\C/C=C\CCCCCCC(=O)OCC(COC(=O)CCCCCCCC)OC(=O)CCCCCCCCCCCCC/C=C\C/C=C\CCCCCCC. The van der Waals surface area contributed by atoms with Crippen LogP contribution in [0.5, 0.6) is 0 Å². The monoisotopic (exact) mass is 1050 g/mol. The minimum Gasteiger partial charge on any atom is -0.462 e. The maximum absolute atomic E-state index is 12.8. The van der Waals surface area contributed by atoms with E-state index in [0.29, 0.717) is 19.3 Å². The first-order chi connectivity index (χ1) is 37.5. The van der Waals surface area contributed by atoms with Gasteiger partial charge in [-0.25, -0.2) is 0 Å². The molecule has 0 aromatic carbocycles. The molecule has 0 saturated carbocycles. The molecule has 0 aromatic heterocycles. The highest BCUT2D eigenvalue weighted by Gasteiger charge is 2.19. The highest BCUT2D eigenvalue weighted by molar-refractivity contribution is 5.71. The third-order valence-electron chi connectivity index (χ3n) is 13.2. The normalized spacial score (nSPS) is 12.9.